The fourth-order valence-corrected chi connectivity index (χ4v) is 7.81. The van der Waals surface area contributed by atoms with Crippen molar-refractivity contribution >= 4 is 49.8 Å². The van der Waals surface area contributed by atoms with Crippen LogP contribution in [0.15, 0.2) is 217 Å². The second kappa shape index (κ2) is 13.4. The van der Waals surface area contributed by atoms with Crippen LogP contribution in [0, 0.1) is 0 Å². The lowest BCUT2D eigenvalue weighted by molar-refractivity contribution is 0.670. The second-order valence-electron chi connectivity index (χ2n) is 13.7. The predicted octanol–water partition coefficient (Wildman–Crippen LogP) is 14.9. The van der Waals surface area contributed by atoms with Gasteiger partial charge < -0.3 is 9.32 Å². The molecular weight excluding hydrogens is 655 g/mol. The van der Waals surface area contributed by atoms with E-state index in [1.807, 2.05) is 6.07 Å². The highest BCUT2D eigenvalue weighted by molar-refractivity contribution is 6.17. The molecule has 0 atom stereocenters. The van der Waals surface area contributed by atoms with Crippen LogP contribution in [-0.4, -0.2) is 0 Å². The summed E-state index contributed by atoms with van der Waals surface area (Å²) >= 11 is 0. The maximum atomic E-state index is 6.76. The summed E-state index contributed by atoms with van der Waals surface area (Å²) in [5.41, 5.74) is 14.2. The van der Waals surface area contributed by atoms with E-state index in [1.165, 1.54) is 33.0 Å². The first kappa shape index (κ1) is 31.6. The first-order valence-corrected chi connectivity index (χ1v) is 18.4. The summed E-state index contributed by atoms with van der Waals surface area (Å²) < 4.78 is 6.76. The average Bonchev–Trinajstić information content (AvgIpc) is 3.65. The summed E-state index contributed by atoms with van der Waals surface area (Å²) in [6.45, 7) is 0. The molecule has 1 aromatic heterocycles. The van der Waals surface area contributed by atoms with Crippen LogP contribution in [0.4, 0.5) is 17.1 Å². The van der Waals surface area contributed by atoms with Crippen molar-refractivity contribution < 1.29 is 4.42 Å². The van der Waals surface area contributed by atoms with Gasteiger partial charge in [0, 0.05) is 22.2 Å². The van der Waals surface area contributed by atoms with Gasteiger partial charge in [-0.05, 0) is 86.6 Å². The Morgan fingerprint density at radius 2 is 0.889 bits per heavy atom. The van der Waals surface area contributed by atoms with Crippen molar-refractivity contribution in [3.63, 3.8) is 0 Å². The van der Waals surface area contributed by atoms with E-state index in [9.17, 15) is 0 Å². The van der Waals surface area contributed by atoms with E-state index in [2.05, 4.69) is 211 Å². The number of furan rings is 1. The van der Waals surface area contributed by atoms with Crippen molar-refractivity contribution in [2.75, 3.05) is 4.90 Å². The lowest BCUT2D eigenvalue weighted by Gasteiger charge is -2.29. The third-order valence-electron chi connectivity index (χ3n) is 10.5. The van der Waals surface area contributed by atoms with Gasteiger partial charge in [-0.2, -0.15) is 0 Å². The lowest BCUT2D eigenvalue weighted by Crippen LogP contribution is -2.11. The zero-order chi connectivity index (χ0) is 35.8. The van der Waals surface area contributed by atoms with Crippen molar-refractivity contribution in [1.29, 1.82) is 0 Å². The van der Waals surface area contributed by atoms with Crippen LogP contribution in [0.5, 0.6) is 0 Å². The highest BCUT2D eigenvalue weighted by atomic mass is 16.3. The summed E-state index contributed by atoms with van der Waals surface area (Å²) in [4.78, 5) is 2.41. The Balaban J connectivity index is 1.18. The topological polar surface area (TPSA) is 16.4 Å². The molecule has 0 aliphatic rings. The van der Waals surface area contributed by atoms with Crippen molar-refractivity contribution in [3.8, 4) is 44.5 Å². The van der Waals surface area contributed by atoms with Gasteiger partial charge in [0.15, 0.2) is 0 Å². The molecule has 10 rings (SSSR count). The Bertz CT molecular complexity index is 2910. The van der Waals surface area contributed by atoms with E-state index in [1.54, 1.807) is 0 Å². The molecule has 9 aromatic carbocycles. The molecule has 254 valence electrons. The molecule has 2 heteroatoms. The molecule has 0 aliphatic heterocycles. The molecule has 1 heterocycles. The Labute approximate surface area is 314 Å². The highest BCUT2D eigenvalue weighted by Gasteiger charge is 2.24. The van der Waals surface area contributed by atoms with E-state index in [0.717, 1.165) is 61.3 Å². The maximum absolute atomic E-state index is 6.76. The zero-order valence-corrected chi connectivity index (χ0v) is 29.6. The van der Waals surface area contributed by atoms with E-state index in [0.29, 0.717) is 0 Å². The summed E-state index contributed by atoms with van der Waals surface area (Å²) in [7, 11) is 0. The molecule has 0 saturated heterocycles. The molecule has 0 unspecified atom stereocenters. The molecule has 10 aromatic rings. The van der Waals surface area contributed by atoms with Crippen LogP contribution < -0.4 is 4.90 Å². The monoisotopic (exact) mass is 689 g/mol. The van der Waals surface area contributed by atoms with Crippen LogP contribution in [0.1, 0.15) is 0 Å². The van der Waals surface area contributed by atoms with Gasteiger partial charge in [0.1, 0.15) is 11.2 Å². The molecule has 0 aliphatic carbocycles. The maximum Gasteiger partial charge on any atom is 0.145 e. The number of rotatable bonds is 7. The minimum atomic E-state index is 0.869. The highest BCUT2D eigenvalue weighted by Crippen LogP contribution is 2.48. The predicted molar refractivity (Wildman–Crippen MR) is 228 cm³/mol. The van der Waals surface area contributed by atoms with Gasteiger partial charge in [-0.3, -0.25) is 0 Å². The second-order valence-corrected chi connectivity index (χ2v) is 13.7. The third kappa shape index (κ3) is 5.62. The molecule has 54 heavy (non-hydrogen) atoms. The van der Waals surface area contributed by atoms with Crippen molar-refractivity contribution in [2.45, 2.75) is 0 Å². The third-order valence-corrected chi connectivity index (χ3v) is 10.5. The minimum absolute atomic E-state index is 0.869. The van der Waals surface area contributed by atoms with Crippen LogP contribution in [0.25, 0.3) is 77.2 Å². The van der Waals surface area contributed by atoms with Gasteiger partial charge >= 0.3 is 0 Å². The van der Waals surface area contributed by atoms with Crippen molar-refractivity contribution in [2.24, 2.45) is 0 Å². The van der Waals surface area contributed by atoms with Gasteiger partial charge in [0.2, 0.25) is 0 Å². The molecule has 0 fully saturated rings. The SMILES string of the molecule is c1ccc(-c2ccc(-c3ccccc3N(c3ccc(-c4ccc5ccccc5c4)cc3)c3ccc(-c4ccccc4)c4oc5ccccc5c34)cc2)cc1. The standard InChI is InChI=1S/C52H35NO/c1-3-13-36(14-4-1)38-23-26-41(27-24-38)45-19-9-11-21-48(45)53(44-31-29-39(30-32-44)43-28-25-37-15-7-8-18-42(37)35-43)49-34-33-46(40-16-5-2-6-17-40)52-51(49)47-20-10-12-22-50(47)54-52/h1-35H. The summed E-state index contributed by atoms with van der Waals surface area (Å²) in [6, 6.07) is 75.8. The summed E-state index contributed by atoms with van der Waals surface area (Å²) in [5.74, 6) is 0. The van der Waals surface area contributed by atoms with Crippen LogP contribution in [0.2, 0.25) is 0 Å². The molecule has 0 bridgehead atoms. The number of para-hydroxylation sites is 2. The van der Waals surface area contributed by atoms with Crippen LogP contribution >= 0.6 is 0 Å². The van der Waals surface area contributed by atoms with Crippen LogP contribution in [0.3, 0.4) is 0 Å². The van der Waals surface area contributed by atoms with Gasteiger partial charge in [-0.1, -0.05) is 170 Å². The molecule has 0 amide bonds. The first-order chi connectivity index (χ1) is 26.8. The van der Waals surface area contributed by atoms with Crippen molar-refractivity contribution in [3.05, 3.63) is 212 Å². The number of hydrogen-bond acceptors (Lipinski definition) is 2. The molecule has 0 spiro atoms. The van der Waals surface area contributed by atoms with Gasteiger partial charge in [0.05, 0.1) is 16.8 Å². The van der Waals surface area contributed by atoms with E-state index >= 15 is 0 Å². The Hall–Kier alpha value is -7.16. The number of fused-ring (bicyclic) bond motifs is 4. The number of anilines is 3. The van der Waals surface area contributed by atoms with Crippen LogP contribution in [-0.2, 0) is 0 Å². The first-order valence-electron chi connectivity index (χ1n) is 18.4. The van der Waals surface area contributed by atoms with E-state index in [-0.39, 0.29) is 0 Å². The lowest BCUT2D eigenvalue weighted by atomic mass is 9.96. The molecule has 0 N–H and O–H groups in total. The fourth-order valence-electron chi connectivity index (χ4n) is 7.81. The van der Waals surface area contributed by atoms with Gasteiger partial charge in [-0.15, -0.1) is 0 Å². The number of benzene rings is 9. The van der Waals surface area contributed by atoms with E-state index in [4.69, 9.17) is 4.42 Å². The fraction of sp³-hybridized carbons (Fsp3) is 0. The normalized spacial score (nSPS) is 11.3. The van der Waals surface area contributed by atoms with Gasteiger partial charge in [-0.25, -0.2) is 0 Å². The zero-order valence-electron chi connectivity index (χ0n) is 29.6. The molecule has 0 radical (unpaired) electrons. The molecular formula is C52H35NO. The molecule has 2 nitrogen and oxygen atoms in total. The average molecular weight is 690 g/mol. The Kier molecular flexibility index (Phi) is 7.85. The molecule has 0 saturated carbocycles. The quantitative estimate of drug-likeness (QED) is 0.166. The number of hydrogen-bond donors (Lipinski definition) is 0. The Morgan fingerprint density at radius 1 is 0.333 bits per heavy atom. The summed E-state index contributed by atoms with van der Waals surface area (Å²) in [6.07, 6.45) is 0. The minimum Gasteiger partial charge on any atom is -0.455 e. The number of nitrogens with zero attached hydrogens (tertiary/aromatic N) is 1. The Morgan fingerprint density at radius 3 is 1.69 bits per heavy atom. The van der Waals surface area contributed by atoms with E-state index < -0.39 is 0 Å². The largest absolute Gasteiger partial charge is 0.455 e. The summed E-state index contributed by atoms with van der Waals surface area (Å²) in [5, 5.41) is 4.65. The smallest absolute Gasteiger partial charge is 0.145 e. The van der Waals surface area contributed by atoms with Gasteiger partial charge in [0.25, 0.3) is 0 Å². The van der Waals surface area contributed by atoms with Crippen molar-refractivity contribution in [1.82, 2.24) is 0 Å².